The zero-order chi connectivity index (χ0) is 19.8. The molecule has 3 heterocycles. The van der Waals surface area contributed by atoms with Gasteiger partial charge in [0, 0.05) is 30.6 Å². The first-order valence-electron chi connectivity index (χ1n) is 10.1. The highest BCUT2D eigenvalue weighted by molar-refractivity contribution is 5.43. The lowest BCUT2D eigenvalue weighted by atomic mass is 9.98. The summed E-state index contributed by atoms with van der Waals surface area (Å²) in [6.45, 7) is 6.74. The summed E-state index contributed by atoms with van der Waals surface area (Å²) in [5.74, 6) is 2.25. The van der Waals surface area contributed by atoms with Gasteiger partial charge in [-0.3, -0.25) is 9.69 Å². The summed E-state index contributed by atoms with van der Waals surface area (Å²) in [4.78, 5) is 22.5. The van der Waals surface area contributed by atoms with Crippen LogP contribution in [-0.2, 0) is 19.4 Å². The van der Waals surface area contributed by atoms with Crippen molar-refractivity contribution in [1.82, 2.24) is 14.9 Å². The molecule has 2 atom stereocenters. The Morgan fingerprint density at radius 2 is 1.96 bits per heavy atom. The number of methoxy groups -OCH3 is 1. The first kappa shape index (κ1) is 19.0. The van der Waals surface area contributed by atoms with Crippen LogP contribution in [0.5, 0.6) is 11.5 Å². The van der Waals surface area contributed by atoms with E-state index in [4.69, 9.17) is 9.47 Å². The zero-order valence-corrected chi connectivity index (χ0v) is 17.1. The summed E-state index contributed by atoms with van der Waals surface area (Å²) in [6.07, 6.45) is 4.00. The molecule has 1 aromatic heterocycles. The molecule has 0 saturated carbocycles. The number of nitrogens with one attached hydrogen (secondary N) is 1. The highest BCUT2D eigenvalue weighted by Gasteiger charge is 2.38. The molecule has 1 fully saturated rings. The number of aryl methyl sites for hydroxylation is 1. The molecule has 0 amide bonds. The average Bonchev–Trinajstić information content (AvgIpc) is 2.90. The van der Waals surface area contributed by atoms with E-state index in [9.17, 15) is 4.79 Å². The first-order chi connectivity index (χ1) is 13.4. The molecule has 150 valence electrons. The van der Waals surface area contributed by atoms with Crippen molar-refractivity contribution in [3.8, 4) is 11.5 Å². The van der Waals surface area contributed by atoms with E-state index in [1.54, 1.807) is 7.11 Å². The van der Waals surface area contributed by atoms with E-state index in [1.165, 1.54) is 5.56 Å². The number of ether oxygens (including phenoxy) is 2. The molecule has 2 aliphatic rings. The van der Waals surface area contributed by atoms with E-state index in [0.717, 1.165) is 55.0 Å². The smallest absolute Gasteiger partial charge is 0.254 e. The molecule has 1 aromatic carbocycles. The van der Waals surface area contributed by atoms with Gasteiger partial charge in [0.2, 0.25) is 0 Å². The third-order valence-electron chi connectivity index (χ3n) is 5.82. The zero-order valence-electron chi connectivity index (χ0n) is 17.1. The molecule has 4 rings (SSSR count). The molecule has 0 unspecified atom stereocenters. The number of fused-ring (bicyclic) bond motifs is 3. The Bertz CT molecular complexity index is 922. The Morgan fingerprint density at radius 3 is 2.68 bits per heavy atom. The Labute approximate surface area is 165 Å². The van der Waals surface area contributed by atoms with E-state index in [-0.39, 0.29) is 11.7 Å². The van der Waals surface area contributed by atoms with Gasteiger partial charge in [0.25, 0.3) is 5.56 Å². The van der Waals surface area contributed by atoms with Crippen LogP contribution in [0, 0.1) is 6.92 Å². The average molecular weight is 383 g/mol. The topological polar surface area (TPSA) is 67.5 Å². The van der Waals surface area contributed by atoms with Crippen molar-refractivity contribution in [2.45, 2.75) is 71.2 Å². The number of aromatic amines is 1. The van der Waals surface area contributed by atoms with Gasteiger partial charge in [-0.25, -0.2) is 4.98 Å². The van der Waals surface area contributed by atoms with Gasteiger partial charge in [0.1, 0.15) is 5.82 Å². The van der Waals surface area contributed by atoms with Crippen LogP contribution < -0.4 is 15.0 Å². The van der Waals surface area contributed by atoms with Crippen LogP contribution >= 0.6 is 0 Å². The van der Waals surface area contributed by atoms with Crippen molar-refractivity contribution >= 4 is 0 Å². The Hall–Kier alpha value is -2.34. The Balaban J connectivity index is 1.60. The maximum Gasteiger partial charge on any atom is 0.254 e. The summed E-state index contributed by atoms with van der Waals surface area (Å²) >= 11 is 0. The fraction of sp³-hybridized carbons (Fsp3) is 0.545. The van der Waals surface area contributed by atoms with E-state index < -0.39 is 0 Å². The molecule has 6 nitrogen and oxygen atoms in total. The second-order valence-electron chi connectivity index (χ2n) is 8.19. The van der Waals surface area contributed by atoms with Crippen LogP contribution in [0.15, 0.2) is 23.0 Å². The maximum absolute atomic E-state index is 12.5. The third-order valence-corrected chi connectivity index (χ3v) is 5.82. The van der Waals surface area contributed by atoms with Gasteiger partial charge in [0.05, 0.1) is 18.9 Å². The predicted octanol–water partition coefficient (Wildman–Crippen LogP) is 3.01. The SMILES string of the molecule is COc1ccc(CN2[C@@H]3CC[C@H]2Cc2c(nc(C)[nH]c2=O)C3)cc1OC(C)C. The predicted molar refractivity (Wildman–Crippen MR) is 108 cm³/mol. The van der Waals surface area contributed by atoms with Gasteiger partial charge in [-0.2, -0.15) is 0 Å². The minimum Gasteiger partial charge on any atom is -0.493 e. The molecule has 28 heavy (non-hydrogen) atoms. The number of hydrogen-bond acceptors (Lipinski definition) is 5. The van der Waals surface area contributed by atoms with Crippen molar-refractivity contribution in [2.24, 2.45) is 0 Å². The summed E-state index contributed by atoms with van der Waals surface area (Å²) in [6, 6.07) is 6.99. The van der Waals surface area contributed by atoms with Crippen molar-refractivity contribution in [2.75, 3.05) is 7.11 Å². The maximum atomic E-state index is 12.5. The number of hydrogen-bond donors (Lipinski definition) is 1. The fourth-order valence-corrected chi connectivity index (χ4v) is 4.59. The van der Waals surface area contributed by atoms with Crippen molar-refractivity contribution < 1.29 is 9.47 Å². The lowest BCUT2D eigenvalue weighted by Crippen LogP contribution is -2.36. The Kier molecular flexibility index (Phi) is 5.15. The van der Waals surface area contributed by atoms with Crippen LogP contribution in [-0.4, -0.2) is 40.2 Å². The number of nitrogens with zero attached hydrogens (tertiary/aromatic N) is 2. The van der Waals surface area contributed by atoms with Crippen LogP contribution in [0.4, 0.5) is 0 Å². The number of aromatic nitrogens is 2. The molecule has 2 bridgehead atoms. The van der Waals surface area contributed by atoms with E-state index >= 15 is 0 Å². The molecule has 2 aliphatic heterocycles. The van der Waals surface area contributed by atoms with Gasteiger partial charge in [-0.05, 0) is 57.7 Å². The van der Waals surface area contributed by atoms with E-state index in [0.29, 0.717) is 17.9 Å². The summed E-state index contributed by atoms with van der Waals surface area (Å²) in [7, 11) is 1.67. The first-order valence-corrected chi connectivity index (χ1v) is 10.1. The minimum atomic E-state index is 0.0343. The lowest BCUT2D eigenvalue weighted by Gasteiger charge is -2.28. The minimum absolute atomic E-state index is 0.0343. The van der Waals surface area contributed by atoms with Gasteiger partial charge >= 0.3 is 0 Å². The molecule has 6 heteroatoms. The van der Waals surface area contributed by atoms with Crippen molar-refractivity contribution in [1.29, 1.82) is 0 Å². The number of rotatable bonds is 5. The van der Waals surface area contributed by atoms with Crippen molar-refractivity contribution in [3.63, 3.8) is 0 Å². The van der Waals surface area contributed by atoms with Crippen LogP contribution in [0.2, 0.25) is 0 Å². The van der Waals surface area contributed by atoms with E-state index in [1.807, 2.05) is 26.8 Å². The number of H-pyrrole nitrogens is 1. The van der Waals surface area contributed by atoms with Gasteiger partial charge in [-0.1, -0.05) is 6.07 Å². The van der Waals surface area contributed by atoms with Crippen LogP contribution in [0.25, 0.3) is 0 Å². The summed E-state index contributed by atoms with van der Waals surface area (Å²) in [5, 5.41) is 0. The standard InChI is InChI=1S/C22H29N3O3/c1-13(2)28-21-9-15(5-8-20(21)27-4)12-25-16-6-7-17(25)11-19-18(10-16)22(26)24-14(3)23-19/h5,8-9,13,16-17H,6-7,10-12H2,1-4H3,(H,23,24,26)/t16-,17+/m0/s1. The molecule has 2 aromatic rings. The van der Waals surface area contributed by atoms with Crippen LogP contribution in [0.1, 0.15) is 49.3 Å². The van der Waals surface area contributed by atoms with Crippen molar-refractivity contribution in [3.05, 3.63) is 51.2 Å². The Morgan fingerprint density at radius 1 is 1.21 bits per heavy atom. The quantitative estimate of drug-likeness (QED) is 0.860. The molecule has 1 saturated heterocycles. The largest absolute Gasteiger partial charge is 0.493 e. The van der Waals surface area contributed by atoms with Gasteiger partial charge in [-0.15, -0.1) is 0 Å². The highest BCUT2D eigenvalue weighted by Crippen LogP contribution is 2.35. The molecule has 0 spiro atoms. The normalized spacial score (nSPS) is 21.5. The highest BCUT2D eigenvalue weighted by atomic mass is 16.5. The van der Waals surface area contributed by atoms with Gasteiger partial charge < -0.3 is 14.5 Å². The molecule has 0 radical (unpaired) electrons. The fourth-order valence-electron chi connectivity index (χ4n) is 4.59. The summed E-state index contributed by atoms with van der Waals surface area (Å²) < 4.78 is 11.4. The number of benzene rings is 1. The van der Waals surface area contributed by atoms with Gasteiger partial charge in [0.15, 0.2) is 11.5 Å². The lowest BCUT2D eigenvalue weighted by molar-refractivity contribution is 0.186. The second-order valence-corrected chi connectivity index (χ2v) is 8.19. The second kappa shape index (κ2) is 7.59. The molecular formula is C22H29N3O3. The molecular weight excluding hydrogens is 354 g/mol. The third kappa shape index (κ3) is 3.65. The van der Waals surface area contributed by atoms with Crippen LogP contribution in [0.3, 0.4) is 0 Å². The monoisotopic (exact) mass is 383 g/mol. The molecule has 0 aliphatic carbocycles. The molecule has 1 N–H and O–H groups in total. The van der Waals surface area contributed by atoms with E-state index in [2.05, 4.69) is 27.0 Å². The summed E-state index contributed by atoms with van der Waals surface area (Å²) in [5.41, 5.74) is 3.10.